The third-order valence-electron chi connectivity index (χ3n) is 11.2. The fourth-order valence-corrected chi connectivity index (χ4v) is 8.03. The minimum Gasteiger partial charge on any atom is -0.343 e. The summed E-state index contributed by atoms with van der Waals surface area (Å²) >= 11 is 0. The molecule has 0 N–H and O–H groups in total. The van der Waals surface area contributed by atoms with Crippen LogP contribution in [0.25, 0.3) is 88.1 Å². The van der Waals surface area contributed by atoms with Gasteiger partial charge in [0.05, 0.1) is 32.8 Å². The number of hydrogen-bond acceptors (Lipinski definition) is 2. The van der Waals surface area contributed by atoms with Crippen molar-refractivity contribution in [1.29, 1.82) is 0 Å². The molecule has 9 rings (SSSR count). The van der Waals surface area contributed by atoms with Gasteiger partial charge in [-0.05, 0) is 109 Å². The molecule has 2 aromatic heterocycles. The van der Waals surface area contributed by atoms with Crippen LogP contribution in [0.2, 0.25) is 0 Å². The average Bonchev–Trinajstić information content (AvgIpc) is 3.19. The number of fused-ring (bicyclic) bond motifs is 4. The normalized spacial score (nSPS) is 11.7. The first-order valence-corrected chi connectivity index (χ1v) is 18.4. The van der Waals surface area contributed by atoms with Gasteiger partial charge in [-0.3, -0.25) is 9.59 Å². The van der Waals surface area contributed by atoms with Crippen LogP contribution in [0.1, 0.15) is 22.3 Å². The van der Waals surface area contributed by atoms with Gasteiger partial charge in [0.2, 0.25) is 0 Å². The van der Waals surface area contributed by atoms with Crippen LogP contribution in [0, 0.1) is 27.7 Å². The maximum Gasteiger partial charge on any atom is 0.197 e. The van der Waals surface area contributed by atoms with E-state index < -0.39 is 0 Å². The maximum absolute atomic E-state index is 14.9. The molecule has 0 radical (unpaired) electrons. The van der Waals surface area contributed by atoms with E-state index in [4.69, 9.17) is 0 Å². The molecule has 0 saturated heterocycles. The molecule has 2 heterocycles. The van der Waals surface area contributed by atoms with Crippen molar-refractivity contribution in [1.82, 2.24) is 9.13 Å². The molecule has 0 spiro atoms. The minimum atomic E-state index is -0.0488. The molecule has 0 unspecified atom stereocenters. The van der Waals surface area contributed by atoms with E-state index in [1.807, 2.05) is 26.2 Å². The Bertz CT molecular complexity index is 2880. The van der Waals surface area contributed by atoms with Gasteiger partial charge < -0.3 is 9.13 Å². The van der Waals surface area contributed by atoms with Gasteiger partial charge in [0.1, 0.15) is 0 Å². The Hall–Kier alpha value is -6.52. The number of rotatable bonds is 4. The van der Waals surface area contributed by atoms with Gasteiger partial charge in [-0.1, -0.05) is 119 Å². The number of pyridine rings is 2. The lowest BCUT2D eigenvalue weighted by Gasteiger charge is -2.19. The predicted octanol–water partition coefficient (Wildman–Crippen LogP) is 11.6. The Labute approximate surface area is 314 Å². The molecule has 0 saturated carbocycles. The highest BCUT2D eigenvalue weighted by Gasteiger charge is 2.21. The Balaban J connectivity index is 1.39. The summed E-state index contributed by atoms with van der Waals surface area (Å²) in [5.41, 5.74) is 15.7. The van der Waals surface area contributed by atoms with Crippen molar-refractivity contribution >= 4 is 43.6 Å². The summed E-state index contributed by atoms with van der Waals surface area (Å²) in [5.74, 6) is 0. The lowest BCUT2D eigenvalue weighted by molar-refractivity contribution is 0.994. The monoisotopic (exact) mass is 700 g/mol. The molecular weight excluding hydrogens is 661 g/mol. The van der Waals surface area contributed by atoms with Crippen molar-refractivity contribution in [3.63, 3.8) is 0 Å². The first-order valence-electron chi connectivity index (χ1n) is 18.4. The molecule has 0 aliphatic carbocycles. The maximum atomic E-state index is 14.9. The summed E-state index contributed by atoms with van der Waals surface area (Å²) < 4.78 is 4.18. The Kier molecular flexibility index (Phi) is 7.75. The fraction of sp³-hybridized carbons (Fsp3) is 0.120. The highest BCUT2D eigenvalue weighted by atomic mass is 16.1. The van der Waals surface area contributed by atoms with E-state index in [1.165, 1.54) is 11.1 Å². The number of aromatic nitrogens is 2. The minimum absolute atomic E-state index is 0.0488. The van der Waals surface area contributed by atoms with Crippen molar-refractivity contribution in [2.24, 2.45) is 14.1 Å². The summed E-state index contributed by atoms with van der Waals surface area (Å²) in [5, 5.41) is 2.49. The van der Waals surface area contributed by atoms with Crippen LogP contribution in [-0.2, 0) is 14.1 Å². The molecule has 262 valence electrons. The number of hydrogen-bond donors (Lipinski definition) is 0. The van der Waals surface area contributed by atoms with Gasteiger partial charge in [0.25, 0.3) is 0 Å². The van der Waals surface area contributed by atoms with Crippen LogP contribution >= 0.6 is 0 Å². The van der Waals surface area contributed by atoms with Crippen molar-refractivity contribution in [2.45, 2.75) is 27.7 Å². The lowest BCUT2D eigenvalue weighted by atomic mass is 9.92. The molecule has 0 aliphatic heterocycles. The topological polar surface area (TPSA) is 44.0 Å². The third kappa shape index (κ3) is 5.37. The second kappa shape index (κ2) is 12.6. The molecule has 9 aromatic rings. The van der Waals surface area contributed by atoms with Crippen LogP contribution in [-0.4, -0.2) is 9.13 Å². The van der Waals surface area contributed by atoms with Crippen molar-refractivity contribution < 1.29 is 0 Å². The van der Waals surface area contributed by atoms with Gasteiger partial charge in [-0.15, -0.1) is 0 Å². The zero-order valence-electron chi connectivity index (χ0n) is 31.4. The smallest absolute Gasteiger partial charge is 0.197 e. The highest BCUT2D eigenvalue weighted by Crippen LogP contribution is 2.37. The average molecular weight is 701 g/mol. The molecule has 54 heavy (non-hydrogen) atoms. The van der Waals surface area contributed by atoms with E-state index in [2.05, 4.69) is 158 Å². The van der Waals surface area contributed by atoms with Gasteiger partial charge in [-0.2, -0.15) is 0 Å². The van der Waals surface area contributed by atoms with E-state index in [1.54, 1.807) is 0 Å². The van der Waals surface area contributed by atoms with Crippen LogP contribution < -0.4 is 10.9 Å². The van der Waals surface area contributed by atoms with Gasteiger partial charge >= 0.3 is 0 Å². The van der Waals surface area contributed by atoms with Crippen molar-refractivity contribution in [3.05, 3.63) is 176 Å². The fourth-order valence-electron chi connectivity index (χ4n) is 8.03. The van der Waals surface area contributed by atoms with E-state index in [-0.39, 0.29) is 10.9 Å². The standard InChI is InChI=1S/C50H40N2O2/c1-29-7-15-33(16-8-29)37-23-39(35-19-11-31(3)12-20-35)47-45(25-37)51(5)43-27-42-44(28-41(43)49(47)53)52(6)46-26-38(34-17-9-30(2)10-18-34)24-40(48(46)50(42)54)36-21-13-32(4)14-22-36/h7-28H,1-6H3. The van der Waals surface area contributed by atoms with Gasteiger partial charge in [0.15, 0.2) is 10.9 Å². The van der Waals surface area contributed by atoms with Crippen LogP contribution in [0.3, 0.4) is 0 Å². The number of benzene rings is 7. The summed E-state index contributed by atoms with van der Waals surface area (Å²) in [6.07, 6.45) is 0. The van der Waals surface area contributed by atoms with E-state index in [9.17, 15) is 9.59 Å². The number of nitrogens with zero attached hydrogens (tertiary/aromatic N) is 2. The number of aryl methyl sites for hydroxylation is 6. The van der Waals surface area contributed by atoms with Crippen LogP contribution in [0.5, 0.6) is 0 Å². The van der Waals surface area contributed by atoms with E-state index in [0.717, 1.165) is 77.7 Å². The zero-order chi connectivity index (χ0) is 37.4. The predicted molar refractivity (Wildman–Crippen MR) is 228 cm³/mol. The van der Waals surface area contributed by atoms with Crippen molar-refractivity contribution in [3.8, 4) is 44.5 Å². The van der Waals surface area contributed by atoms with E-state index in [0.29, 0.717) is 21.5 Å². The summed E-state index contributed by atoms with van der Waals surface area (Å²) in [6.45, 7) is 8.32. The second-order valence-electron chi connectivity index (χ2n) is 15.0. The summed E-state index contributed by atoms with van der Waals surface area (Å²) in [4.78, 5) is 29.9. The Morgan fingerprint density at radius 3 is 0.944 bits per heavy atom. The summed E-state index contributed by atoms with van der Waals surface area (Å²) in [6, 6.07) is 46.1. The second-order valence-corrected chi connectivity index (χ2v) is 15.0. The quantitative estimate of drug-likeness (QED) is 0.172. The Morgan fingerprint density at radius 1 is 0.333 bits per heavy atom. The molecular formula is C50H40N2O2. The van der Waals surface area contributed by atoms with Gasteiger partial charge in [-0.25, -0.2) is 0 Å². The zero-order valence-corrected chi connectivity index (χ0v) is 31.4. The third-order valence-corrected chi connectivity index (χ3v) is 11.2. The lowest BCUT2D eigenvalue weighted by Crippen LogP contribution is -2.14. The molecule has 4 heteroatoms. The molecule has 0 atom stereocenters. The molecule has 0 bridgehead atoms. The SMILES string of the molecule is Cc1ccc(-c2cc(-c3ccc(C)cc3)c3c(=O)c4cc5c(cc4n(C)c3c2)c(=O)c2c(-c3ccc(C)cc3)cc(-c3ccc(C)cc3)cc2n5C)cc1. The molecule has 0 aliphatic rings. The molecule has 0 amide bonds. The Morgan fingerprint density at radius 2 is 0.630 bits per heavy atom. The first kappa shape index (κ1) is 33.3. The van der Waals surface area contributed by atoms with Crippen LogP contribution in [0.4, 0.5) is 0 Å². The van der Waals surface area contributed by atoms with Crippen molar-refractivity contribution in [2.75, 3.05) is 0 Å². The molecule has 0 fully saturated rings. The molecule has 7 aromatic carbocycles. The first-order chi connectivity index (χ1) is 26.0. The van der Waals surface area contributed by atoms with Crippen LogP contribution in [0.15, 0.2) is 143 Å². The highest BCUT2D eigenvalue weighted by molar-refractivity contribution is 6.10. The molecule has 4 nitrogen and oxygen atoms in total. The van der Waals surface area contributed by atoms with Gasteiger partial charge in [0, 0.05) is 24.9 Å². The summed E-state index contributed by atoms with van der Waals surface area (Å²) in [7, 11) is 4.01. The largest absolute Gasteiger partial charge is 0.343 e. The van der Waals surface area contributed by atoms with E-state index >= 15 is 0 Å².